The number of aliphatic hydroxyl groups is 1. The number of cyclic esters (lactones) is 1. The van der Waals surface area contributed by atoms with Crippen molar-refractivity contribution in [2.24, 2.45) is 5.92 Å². The third-order valence-corrected chi connectivity index (χ3v) is 7.41. The van der Waals surface area contributed by atoms with Crippen LogP contribution in [0, 0.1) is 5.92 Å². The lowest BCUT2D eigenvalue weighted by Gasteiger charge is -2.37. The zero-order valence-corrected chi connectivity index (χ0v) is 21.4. The maximum atomic E-state index is 13.5. The van der Waals surface area contributed by atoms with E-state index < -0.39 is 29.8 Å². The van der Waals surface area contributed by atoms with E-state index in [4.69, 9.17) is 4.74 Å². The minimum absolute atomic E-state index is 0.00593. The lowest BCUT2D eigenvalue weighted by atomic mass is 9.87. The molecule has 0 bridgehead atoms. The summed E-state index contributed by atoms with van der Waals surface area (Å²) in [5.74, 6) is 1.01. The molecule has 2 saturated heterocycles. The largest absolute Gasteiger partial charge is 0.447 e. The van der Waals surface area contributed by atoms with Gasteiger partial charge in [-0.25, -0.2) is 9.78 Å². The molecule has 2 aromatic rings. The number of alkyl halides is 3. The molecule has 1 amide bonds. The normalized spacial score (nSPS) is 21.1. The number of nitrogens with one attached hydrogen (secondary N) is 1. The Bertz CT molecular complexity index is 1110. The summed E-state index contributed by atoms with van der Waals surface area (Å²) in [5, 5.41) is 13.3. The van der Waals surface area contributed by atoms with E-state index in [1.807, 2.05) is 6.92 Å². The van der Waals surface area contributed by atoms with Gasteiger partial charge in [-0.1, -0.05) is 0 Å². The van der Waals surface area contributed by atoms with Crippen LogP contribution in [0.15, 0.2) is 30.6 Å². The fraction of sp³-hybridized carbons (Fsp3) is 0.600. The molecule has 0 saturated carbocycles. The van der Waals surface area contributed by atoms with Crippen LogP contribution in [-0.2, 0) is 10.2 Å². The number of aromatic nitrogens is 3. The molecule has 2 fully saturated rings. The maximum absolute atomic E-state index is 13.5. The first-order valence-corrected chi connectivity index (χ1v) is 12.4. The number of piperidine rings is 1. The number of amides is 1. The zero-order chi connectivity index (χ0) is 27.0. The van der Waals surface area contributed by atoms with Crippen LogP contribution in [0.3, 0.4) is 0 Å². The molecule has 2 aliphatic rings. The van der Waals surface area contributed by atoms with Gasteiger partial charge >= 0.3 is 12.3 Å². The van der Waals surface area contributed by atoms with Crippen molar-refractivity contribution in [1.29, 1.82) is 0 Å². The van der Waals surface area contributed by atoms with E-state index in [0.717, 1.165) is 32.4 Å². The van der Waals surface area contributed by atoms with Crippen molar-refractivity contribution in [3.05, 3.63) is 36.3 Å². The summed E-state index contributed by atoms with van der Waals surface area (Å²) in [4.78, 5) is 28.4. The lowest BCUT2D eigenvalue weighted by Crippen LogP contribution is -2.42. The average molecular weight is 523 g/mol. The highest BCUT2D eigenvalue weighted by Gasteiger charge is 2.49. The zero-order valence-electron chi connectivity index (χ0n) is 21.4. The van der Waals surface area contributed by atoms with Crippen molar-refractivity contribution >= 4 is 23.5 Å². The van der Waals surface area contributed by atoms with Crippen molar-refractivity contribution in [2.75, 3.05) is 34.8 Å². The number of ether oxygens (including phenoxy) is 1. The number of pyridine rings is 1. The number of carbonyl (C=O) groups excluding carboxylic acids is 1. The molecular formula is C25H33F3N6O3. The number of halogens is 3. The van der Waals surface area contributed by atoms with Gasteiger partial charge in [-0.15, -0.1) is 0 Å². The van der Waals surface area contributed by atoms with Gasteiger partial charge in [0.2, 0.25) is 5.95 Å². The first-order chi connectivity index (χ1) is 17.4. The van der Waals surface area contributed by atoms with Gasteiger partial charge in [-0.3, -0.25) is 9.88 Å². The number of nitrogens with zero attached hydrogens (tertiary/aromatic N) is 5. The van der Waals surface area contributed by atoms with Gasteiger partial charge in [0.25, 0.3) is 0 Å². The molecule has 0 spiro atoms. The molecule has 12 heteroatoms. The number of carbonyl (C=O) groups is 1. The van der Waals surface area contributed by atoms with E-state index in [9.17, 15) is 23.1 Å². The molecule has 0 aliphatic carbocycles. The Morgan fingerprint density at radius 2 is 1.81 bits per heavy atom. The van der Waals surface area contributed by atoms with Crippen molar-refractivity contribution in [3.63, 3.8) is 0 Å². The van der Waals surface area contributed by atoms with Crippen LogP contribution in [0.2, 0.25) is 0 Å². The van der Waals surface area contributed by atoms with Crippen molar-refractivity contribution in [2.45, 2.75) is 70.3 Å². The first-order valence-electron chi connectivity index (χ1n) is 12.4. The van der Waals surface area contributed by atoms with E-state index in [1.165, 1.54) is 11.1 Å². The third-order valence-electron chi connectivity index (χ3n) is 7.41. The van der Waals surface area contributed by atoms with Crippen molar-refractivity contribution < 1.29 is 27.8 Å². The van der Waals surface area contributed by atoms with Crippen LogP contribution in [0.4, 0.5) is 35.4 Å². The Balaban J connectivity index is 1.38. The van der Waals surface area contributed by atoms with Crippen LogP contribution < -0.4 is 15.1 Å². The van der Waals surface area contributed by atoms with E-state index in [2.05, 4.69) is 25.2 Å². The summed E-state index contributed by atoms with van der Waals surface area (Å²) in [6, 6.07) is 4.39. The van der Waals surface area contributed by atoms with Crippen LogP contribution in [0.5, 0.6) is 0 Å². The van der Waals surface area contributed by atoms with Crippen molar-refractivity contribution in [3.8, 4) is 0 Å². The highest BCUT2D eigenvalue weighted by atomic mass is 19.4. The molecule has 2 N–H and O–H groups in total. The molecule has 37 heavy (non-hydrogen) atoms. The van der Waals surface area contributed by atoms with Gasteiger partial charge in [0.05, 0.1) is 11.8 Å². The predicted octanol–water partition coefficient (Wildman–Crippen LogP) is 4.13. The number of anilines is 3. The van der Waals surface area contributed by atoms with Gasteiger partial charge in [-0.05, 0) is 64.7 Å². The Hall–Kier alpha value is -3.15. The summed E-state index contributed by atoms with van der Waals surface area (Å²) in [7, 11) is 0. The summed E-state index contributed by atoms with van der Waals surface area (Å²) >= 11 is 0. The number of aliphatic hydroxyl groups excluding tert-OH is 1. The second kappa shape index (κ2) is 10.3. The molecule has 0 unspecified atom stereocenters. The Labute approximate surface area is 214 Å². The highest BCUT2D eigenvalue weighted by molar-refractivity contribution is 5.89. The summed E-state index contributed by atoms with van der Waals surface area (Å²) in [6.45, 7) is 7.41. The molecule has 0 radical (unpaired) electrons. The predicted molar refractivity (Wildman–Crippen MR) is 133 cm³/mol. The first kappa shape index (κ1) is 26.9. The van der Waals surface area contributed by atoms with Gasteiger partial charge in [-0.2, -0.15) is 18.2 Å². The van der Waals surface area contributed by atoms with E-state index in [-0.39, 0.29) is 18.3 Å². The second-order valence-corrected chi connectivity index (χ2v) is 10.3. The molecule has 4 heterocycles. The van der Waals surface area contributed by atoms with Crippen LogP contribution in [0.1, 0.15) is 46.2 Å². The molecule has 2 aliphatic heterocycles. The molecule has 202 valence electrons. The monoisotopic (exact) mass is 522 g/mol. The van der Waals surface area contributed by atoms with Gasteiger partial charge < -0.3 is 20.1 Å². The Morgan fingerprint density at radius 3 is 2.46 bits per heavy atom. The summed E-state index contributed by atoms with van der Waals surface area (Å²) in [5.41, 5.74) is -1.29. The van der Waals surface area contributed by atoms with Crippen LogP contribution in [0.25, 0.3) is 0 Å². The quantitative estimate of drug-likeness (QED) is 0.560. The minimum Gasteiger partial charge on any atom is -0.447 e. The lowest BCUT2D eigenvalue weighted by molar-refractivity contribution is -0.181. The minimum atomic E-state index is -4.39. The van der Waals surface area contributed by atoms with Gasteiger partial charge in [0, 0.05) is 37.2 Å². The fourth-order valence-corrected chi connectivity index (χ4v) is 4.69. The van der Waals surface area contributed by atoms with E-state index in [0.29, 0.717) is 30.8 Å². The topological polar surface area (TPSA) is 104 Å². The smallest absolute Gasteiger partial charge is 0.416 e. The summed E-state index contributed by atoms with van der Waals surface area (Å²) < 4.78 is 45.6. The number of hydrogen-bond donors (Lipinski definition) is 2. The van der Waals surface area contributed by atoms with Gasteiger partial charge in [0.15, 0.2) is 0 Å². The van der Waals surface area contributed by atoms with Crippen LogP contribution in [-0.4, -0.2) is 70.2 Å². The molecule has 0 aromatic carbocycles. The molecule has 9 nitrogen and oxygen atoms in total. The second-order valence-electron chi connectivity index (χ2n) is 10.3. The maximum Gasteiger partial charge on any atom is 0.416 e. The third kappa shape index (κ3) is 5.58. The SMILES string of the molecule is C[C@H](Nc1nccc(N2C(=O)OC[C@@H]2[C@H](C)O)n1)C1CCN(c2ccnc(C(C)(C)C(F)(F)F)c2)CC1. The number of hydrogen-bond acceptors (Lipinski definition) is 8. The fourth-order valence-electron chi connectivity index (χ4n) is 4.69. The average Bonchev–Trinajstić information content (AvgIpc) is 3.25. The highest BCUT2D eigenvalue weighted by Crippen LogP contribution is 2.40. The molecular weight excluding hydrogens is 489 g/mol. The Morgan fingerprint density at radius 1 is 1.14 bits per heavy atom. The van der Waals surface area contributed by atoms with E-state index >= 15 is 0 Å². The van der Waals surface area contributed by atoms with Crippen molar-refractivity contribution in [1.82, 2.24) is 15.0 Å². The molecule has 2 aromatic heterocycles. The molecule has 3 atom stereocenters. The molecule has 4 rings (SSSR count). The van der Waals surface area contributed by atoms with Crippen LogP contribution >= 0.6 is 0 Å². The van der Waals surface area contributed by atoms with Gasteiger partial charge in [0.1, 0.15) is 23.9 Å². The Kier molecular flexibility index (Phi) is 7.50. The standard InChI is InChI=1S/C25H33F3N6O3/c1-15(31-22-30-10-6-21(32-22)34-19(16(2)35)14-37-23(34)36)17-7-11-33(12-8-17)18-5-9-29-20(13-18)24(3,4)25(26,27)28/h5-6,9-10,13,15-17,19,35H,7-8,11-12,14H2,1-4H3,(H,30,31,32)/t15-,16-,19+/m0/s1. The van der Waals surface area contributed by atoms with E-state index in [1.54, 1.807) is 31.3 Å². The number of rotatable bonds is 7. The summed E-state index contributed by atoms with van der Waals surface area (Å²) in [6.07, 6.45) is -1.08.